The van der Waals surface area contributed by atoms with Gasteiger partial charge in [0, 0.05) is 36.0 Å². The monoisotopic (exact) mass is 352 g/mol. The van der Waals surface area contributed by atoms with Crippen LogP contribution in [0.25, 0.3) is 0 Å². The molecule has 3 N–H and O–H groups in total. The highest BCUT2D eigenvalue weighted by atomic mass is 16.6. The van der Waals surface area contributed by atoms with Crippen LogP contribution in [-0.2, 0) is 0 Å². The van der Waals surface area contributed by atoms with Gasteiger partial charge in [-0.05, 0) is 24.3 Å². The summed E-state index contributed by atoms with van der Waals surface area (Å²) in [7, 11) is 0. The van der Waals surface area contributed by atoms with Crippen molar-refractivity contribution in [2.75, 3.05) is 10.7 Å². The zero-order valence-electron chi connectivity index (χ0n) is 13.2. The highest BCUT2D eigenvalue weighted by Gasteiger charge is 2.23. The first kappa shape index (κ1) is 16.7. The zero-order chi connectivity index (χ0) is 18.4. The molecule has 0 aliphatic rings. The third-order valence-electron chi connectivity index (χ3n) is 3.18. The van der Waals surface area contributed by atoms with Crippen molar-refractivity contribution in [3.63, 3.8) is 0 Å². The molecule has 3 aromatic rings. The molecule has 26 heavy (non-hydrogen) atoms. The summed E-state index contributed by atoms with van der Waals surface area (Å²) in [5.74, 6) is -0.690. The molecule has 3 aromatic heterocycles. The Kier molecular flexibility index (Phi) is 4.89. The van der Waals surface area contributed by atoms with Crippen LogP contribution in [0.5, 0.6) is 0 Å². The van der Waals surface area contributed by atoms with Crippen molar-refractivity contribution in [1.82, 2.24) is 25.4 Å². The summed E-state index contributed by atoms with van der Waals surface area (Å²) in [4.78, 5) is 38.3. The molecular formula is C15H12N8O3. The van der Waals surface area contributed by atoms with Gasteiger partial charge in [-0.25, -0.2) is 9.97 Å². The predicted octanol–water partition coefficient (Wildman–Crippen LogP) is 1.68. The summed E-state index contributed by atoms with van der Waals surface area (Å²) >= 11 is 0. The summed E-state index contributed by atoms with van der Waals surface area (Å²) in [6, 6.07) is 6.26. The van der Waals surface area contributed by atoms with Gasteiger partial charge in [0.1, 0.15) is 6.33 Å². The first-order valence-corrected chi connectivity index (χ1v) is 7.28. The summed E-state index contributed by atoms with van der Waals surface area (Å²) in [6.07, 6.45) is 7.11. The van der Waals surface area contributed by atoms with E-state index in [1.807, 2.05) is 0 Å². The number of carbonyl (C=O) groups is 1. The van der Waals surface area contributed by atoms with E-state index in [1.54, 1.807) is 12.1 Å². The third kappa shape index (κ3) is 3.84. The molecule has 0 bridgehead atoms. The number of carbonyl (C=O) groups excluding carboxylic acids is 1. The topological polar surface area (TPSA) is 148 Å². The van der Waals surface area contributed by atoms with E-state index in [0.29, 0.717) is 11.3 Å². The normalized spacial score (nSPS) is 10.0. The van der Waals surface area contributed by atoms with Crippen LogP contribution in [0.1, 0.15) is 10.4 Å². The first-order chi connectivity index (χ1) is 12.6. The molecule has 0 saturated heterocycles. The number of aromatic nitrogens is 4. The van der Waals surface area contributed by atoms with Crippen LogP contribution < -0.4 is 16.2 Å². The molecule has 0 fully saturated rings. The number of nitrogens with zero attached hydrogens (tertiary/aromatic N) is 5. The Labute approximate surface area is 146 Å². The molecule has 0 aromatic carbocycles. The minimum Gasteiger partial charge on any atom is -0.334 e. The van der Waals surface area contributed by atoms with E-state index in [4.69, 9.17) is 0 Å². The zero-order valence-corrected chi connectivity index (χ0v) is 13.2. The molecule has 0 saturated carbocycles. The van der Waals surface area contributed by atoms with E-state index in [2.05, 4.69) is 36.1 Å². The van der Waals surface area contributed by atoms with Crippen molar-refractivity contribution >= 4 is 28.9 Å². The lowest BCUT2D eigenvalue weighted by molar-refractivity contribution is -0.383. The smallest absolute Gasteiger partial charge is 0.334 e. The molecule has 3 heterocycles. The lowest BCUT2D eigenvalue weighted by Crippen LogP contribution is -2.30. The Morgan fingerprint density at radius 3 is 2.23 bits per heavy atom. The second kappa shape index (κ2) is 7.61. The van der Waals surface area contributed by atoms with Crippen LogP contribution in [0.15, 0.2) is 55.4 Å². The van der Waals surface area contributed by atoms with E-state index < -0.39 is 16.5 Å². The van der Waals surface area contributed by atoms with Crippen LogP contribution >= 0.6 is 0 Å². The van der Waals surface area contributed by atoms with Gasteiger partial charge in [0.25, 0.3) is 5.91 Å². The molecule has 0 radical (unpaired) electrons. The molecule has 0 aliphatic heterocycles. The Hall–Kier alpha value is -4.15. The maximum Gasteiger partial charge on any atom is 0.355 e. The van der Waals surface area contributed by atoms with Crippen molar-refractivity contribution in [3.05, 3.63) is 71.1 Å². The Balaban J connectivity index is 1.82. The number of rotatable bonds is 6. The largest absolute Gasteiger partial charge is 0.355 e. The Morgan fingerprint density at radius 1 is 0.962 bits per heavy atom. The van der Waals surface area contributed by atoms with Crippen molar-refractivity contribution in [3.8, 4) is 0 Å². The number of amides is 1. The molecule has 11 nitrogen and oxygen atoms in total. The van der Waals surface area contributed by atoms with Gasteiger partial charge in [0.2, 0.25) is 11.6 Å². The molecule has 0 atom stereocenters. The Bertz CT molecular complexity index is 921. The number of hydrogen-bond acceptors (Lipinski definition) is 9. The van der Waals surface area contributed by atoms with E-state index >= 15 is 0 Å². The van der Waals surface area contributed by atoms with E-state index in [9.17, 15) is 14.9 Å². The molecule has 3 rings (SSSR count). The van der Waals surface area contributed by atoms with Crippen LogP contribution in [0, 0.1) is 10.1 Å². The number of hydrogen-bond donors (Lipinski definition) is 3. The SMILES string of the molecule is O=C(NNc1ncnc(Nc2ccncc2)c1[N+](=O)[O-])c1ccncc1. The van der Waals surface area contributed by atoms with Crippen molar-refractivity contribution in [2.24, 2.45) is 0 Å². The first-order valence-electron chi connectivity index (χ1n) is 7.28. The summed E-state index contributed by atoms with van der Waals surface area (Å²) in [5, 5.41) is 14.3. The third-order valence-corrected chi connectivity index (χ3v) is 3.18. The van der Waals surface area contributed by atoms with Gasteiger partial charge in [-0.15, -0.1) is 0 Å². The highest BCUT2D eigenvalue weighted by molar-refractivity contribution is 5.94. The fraction of sp³-hybridized carbons (Fsp3) is 0. The maximum absolute atomic E-state index is 12.0. The van der Waals surface area contributed by atoms with Gasteiger partial charge in [-0.3, -0.25) is 35.7 Å². The highest BCUT2D eigenvalue weighted by Crippen LogP contribution is 2.30. The van der Waals surface area contributed by atoms with E-state index in [1.165, 1.54) is 36.9 Å². The second-order valence-electron chi connectivity index (χ2n) is 4.85. The lowest BCUT2D eigenvalue weighted by Gasteiger charge is -2.10. The van der Waals surface area contributed by atoms with E-state index in [-0.39, 0.29) is 11.6 Å². The predicted molar refractivity (Wildman–Crippen MR) is 91.5 cm³/mol. The van der Waals surface area contributed by atoms with Gasteiger partial charge in [-0.2, -0.15) is 0 Å². The number of pyridine rings is 2. The summed E-state index contributed by atoms with van der Waals surface area (Å²) in [6.45, 7) is 0. The van der Waals surface area contributed by atoms with Crippen molar-refractivity contribution in [1.29, 1.82) is 0 Å². The molecule has 1 amide bonds. The van der Waals surface area contributed by atoms with Crippen LogP contribution in [0.2, 0.25) is 0 Å². The van der Waals surface area contributed by atoms with Gasteiger partial charge < -0.3 is 5.32 Å². The quantitative estimate of drug-likeness (QED) is 0.445. The van der Waals surface area contributed by atoms with Crippen molar-refractivity contribution < 1.29 is 9.72 Å². The molecule has 0 unspecified atom stereocenters. The molecule has 0 aliphatic carbocycles. The molecular weight excluding hydrogens is 340 g/mol. The number of hydrazine groups is 1. The van der Waals surface area contributed by atoms with Crippen LogP contribution in [0.3, 0.4) is 0 Å². The average molecular weight is 352 g/mol. The molecule has 0 spiro atoms. The fourth-order valence-electron chi connectivity index (χ4n) is 2.00. The number of anilines is 3. The van der Waals surface area contributed by atoms with Crippen LogP contribution in [0.4, 0.5) is 23.0 Å². The van der Waals surface area contributed by atoms with Gasteiger partial charge in [-0.1, -0.05) is 0 Å². The summed E-state index contributed by atoms with van der Waals surface area (Å²) < 4.78 is 0. The van der Waals surface area contributed by atoms with E-state index in [0.717, 1.165) is 6.33 Å². The number of nitrogens with one attached hydrogen (secondary N) is 3. The molecule has 130 valence electrons. The van der Waals surface area contributed by atoms with Gasteiger partial charge in [0.05, 0.1) is 4.92 Å². The lowest BCUT2D eigenvalue weighted by atomic mass is 10.3. The minimum atomic E-state index is -0.648. The molecule has 11 heteroatoms. The van der Waals surface area contributed by atoms with Crippen molar-refractivity contribution in [2.45, 2.75) is 0 Å². The average Bonchev–Trinajstić information content (AvgIpc) is 2.67. The number of nitro groups is 1. The fourth-order valence-corrected chi connectivity index (χ4v) is 2.00. The maximum atomic E-state index is 12.0. The minimum absolute atomic E-state index is 0.0307. The Morgan fingerprint density at radius 2 is 1.58 bits per heavy atom. The second-order valence-corrected chi connectivity index (χ2v) is 4.85. The summed E-state index contributed by atoms with van der Waals surface area (Å²) in [5.41, 5.74) is 5.29. The van der Waals surface area contributed by atoms with Gasteiger partial charge >= 0.3 is 5.69 Å². The standard InChI is InChI=1S/C15H12N8O3/c24-15(10-1-5-16-6-2-10)22-21-14-12(23(25)26)13(18-9-19-14)20-11-3-7-17-8-4-11/h1-9H,(H,22,24)(H2,17,18,19,20,21). The van der Waals surface area contributed by atoms with Gasteiger partial charge in [0.15, 0.2) is 0 Å². The van der Waals surface area contributed by atoms with Crippen LogP contribution in [-0.4, -0.2) is 30.8 Å².